The molecule has 3 nitrogen and oxygen atoms in total. The first-order valence-corrected chi connectivity index (χ1v) is 7.61. The van der Waals surface area contributed by atoms with Gasteiger partial charge in [-0.05, 0) is 42.2 Å². The topological polar surface area (TPSA) is 57.9 Å². The minimum atomic E-state index is -1.62. The van der Waals surface area contributed by atoms with Crippen molar-refractivity contribution >= 4 is 11.6 Å². The standard InChI is InChI=1S/C19H12F3NO2/c20-15-4-2-1-3-11(15)12-8-13(12)19(25)14(9-23)18(24)10-5-6-16(21)17(22)7-10/h1-7,12-14H,8H2/t12-,13+,14-/m1/s1. The molecule has 2 aromatic rings. The molecule has 0 aromatic heterocycles. The predicted octanol–water partition coefficient (Wildman–Crippen LogP) is 3.80. The van der Waals surface area contributed by atoms with Crippen LogP contribution in [0.5, 0.6) is 0 Å². The maximum Gasteiger partial charge on any atom is 0.187 e. The van der Waals surface area contributed by atoms with E-state index in [2.05, 4.69) is 0 Å². The van der Waals surface area contributed by atoms with Crippen molar-refractivity contribution in [3.05, 3.63) is 71.0 Å². The Labute approximate surface area is 141 Å². The number of nitrogens with zero attached hydrogens (tertiary/aromatic N) is 1. The van der Waals surface area contributed by atoms with Gasteiger partial charge in [0.1, 0.15) is 5.82 Å². The van der Waals surface area contributed by atoms with Crippen LogP contribution in [-0.2, 0) is 4.79 Å². The van der Waals surface area contributed by atoms with Crippen molar-refractivity contribution in [1.29, 1.82) is 5.26 Å². The van der Waals surface area contributed by atoms with Gasteiger partial charge in [-0.15, -0.1) is 0 Å². The first kappa shape index (κ1) is 16.9. The van der Waals surface area contributed by atoms with E-state index in [0.29, 0.717) is 18.1 Å². The third-order valence-electron chi connectivity index (χ3n) is 4.34. The number of hydrogen-bond acceptors (Lipinski definition) is 3. The molecule has 0 saturated heterocycles. The molecule has 6 heteroatoms. The van der Waals surface area contributed by atoms with E-state index in [1.807, 2.05) is 0 Å². The van der Waals surface area contributed by atoms with Gasteiger partial charge in [-0.2, -0.15) is 5.26 Å². The summed E-state index contributed by atoms with van der Waals surface area (Å²) < 4.78 is 40.0. The number of carbonyl (C=O) groups excluding carboxylic acids is 2. The van der Waals surface area contributed by atoms with Crippen LogP contribution in [0.2, 0.25) is 0 Å². The molecule has 1 fully saturated rings. The largest absolute Gasteiger partial charge is 0.297 e. The zero-order chi connectivity index (χ0) is 18.1. The molecule has 2 aromatic carbocycles. The zero-order valence-electron chi connectivity index (χ0n) is 12.9. The molecule has 126 valence electrons. The van der Waals surface area contributed by atoms with E-state index in [1.54, 1.807) is 18.2 Å². The van der Waals surface area contributed by atoms with E-state index < -0.39 is 40.9 Å². The van der Waals surface area contributed by atoms with Crippen LogP contribution in [-0.4, -0.2) is 11.6 Å². The molecule has 0 unspecified atom stereocenters. The monoisotopic (exact) mass is 343 g/mol. The normalized spacial score (nSPS) is 19.8. The number of hydrogen-bond donors (Lipinski definition) is 0. The Bertz CT molecular complexity index is 904. The molecule has 1 aliphatic rings. The fourth-order valence-electron chi connectivity index (χ4n) is 2.91. The van der Waals surface area contributed by atoms with Crippen LogP contribution in [0.1, 0.15) is 28.3 Å². The Balaban J connectivity index is 1.79. The summed E-state index contributed by atoms with van der Waals surface area (Å²) in [6.45, 7) is 0. The highest BCUT2D eigenvalue weighted by atomic mass is 19.2. The summed E-state index contributed by atoms with van der Waals surface area (Å²) in [5, 5.41) is 9.21. The van der Waals surface area contributed by atoms with Crippen molar-refractivity contribution in [2.24, 2.45) is 11.8 Å². The quantitative estimate of drug-likeness (QED) is 0.613. The molecule has 0 heterocycles. The number of nitriles is 1. The Kier molecular flexibility index (Phi) is 4.41. The molecule has 1 saturated carbocycles. The fraction of sp³-hybridized carbons (Fsp3) is 0.211. The van der Waals surface area contributed by atoms with Gasteiger partial charge in [-0.25, -0.2) is 13.2 Å². The van der Waals surface area contributed by atoms with Crippen molar-refractivity contribution in [2.75, 3.05) is 0 Å². The summed E-state index contributed by atoms with van der Waals surface area (Å²) in [5.74, 6) is -6.92. The Hall–Kier alpha value is -2.94. The van der Waals surface area contributed by atoms with Crippen LogP contribution in [0, 0.1) is 40.6 Å². The van der Waals surface area contributed by atoms with Crippen LogP contribution in [0.15, 0.2) is 42.5 Å². The van der Waals surface area contributed by atoms with Gasteiger partial charge in [0.05, 0.1) is 6.07 Å². The molecule has 0 N–H and O–H groups in total. The number of carbonyl (C=O) groups is 2. The molecular formula is C19H12F3NO2. The van der Waals surface area contributed by atoms with Gasteiger partial charge < -0.3 is 0 Å². The summed E-state index contributed by atoms with van der Waals surface area (Å²) >= 11 is 0. The van der Waals surface area contributed by atoms with Crippen molar-refractivity contribution in [1.82, 2.24) is 0 Å². The van der Waals surface area contributed by atoms with Gasteiger partial charge in [-0.1, -0.05) is 18.2 Å². The number of Topliss-reactive ketones (excluding diaryl/α,β-unsaturated/α-hetero) is 2. The van der Waals surface area contributed by atoms with Crippen LogP contribution in [0.3, 0.4) is 0 Å². The maximum absolute atomic E-state index is 13.8. The first-order chi connectivity index (χ1) is 11.9. The SMILES string of the molecule is N#C[C@H](C(=O)c1ccc(F)c(F)c1)C(=O)[C@H]1C[C@@H]1c1ccccc1F. The van der Waals surface area contributed by atoms with E-state index in [4.69, 9.17) is 0 Å². The van der Waals surface area contributed by atoms with E-state index in [-0.39, 0.29) is 11.5 Å². The van der Waals surface area contributed by atoms with Crippen molar-refractivity contribution < 1.29 is 22.8 Å². The third-order valence-corrected chi connectivity index (χ3v) is 4.34. The number of rotatable bonds is 5. The average Bonchev–Trinajstić information content (AvgIpc) is 3.38. The van der Waals surface area contributed by atoms with E-state index in [9.17, 15) is 28.0 Å². The highest BCUT2D eigenvalue weighted by molar-refractivity contribution is 6.14. The summed E-state index contributed by atoms with van der Waals surface area (Å²) in [4.78, 5) is 24.8. The Morgan fingerprint density at radius 2 is 1.76 bits per heavy atom. The summed E-state index contributed by atoms with van der Waals surface area (Å²) in [6.07, 6.45) is 0.350. The highest BCUT2D eigenvalue weighted by Gasteiger charge is 2.48. The number of benzene rings is 2. The minimum Gasteiger partial charge on any atom is -0.297 e. The van der Waals surface area contributed by atoms with Gasteiger partial charge in [0.25, 0.3) is 0 Å². The lowest BCUT2D eigenvalue weighted by Gasteiger charge is -2.08. The smallest absolute Gasteiger partial charge is 0.187 e. The molecule has 1 aliphatic carbocycles. The lowest BCUT2D eigenvalue weighted by molar-refractivity contribution is -0.121. The van der Waals surface area contributed by atoms with Gasteiger partial charge in [0.15, 0.2) is 29.1 Å². The van der Waals surface area contributed by atoms with E-state index >= 15 is 0 Å². The molecule has 0 aliphatic heterocycles. The second-order valence-corrected chi connectivity index (χ2v) is 5.93. The predicted molar refractivity (Wildman–Crippen MR) is 82.0 cm³/mol. The number of ketones is 2. The lowest BCUT2D eigenvalue weighted by Crippen LogP contribution is -2.25. The van der Waals surface area contributed by atoms with Gasteiger partial charge >= 0.3 is 0 Å². The van der Waals surface area contributed by atoms with Gasteiger partial charge in [0.2, 0.25) is 0 Å². The molecule has 25 heavy (non-hydrogen) atoms. The number of halogens is 3. The molecule has 0 spiro atoms. The summed E-state index contributed by atoms with van der Waals surface area (Å²) in [6, 6.07) is 10.1. The van der Waals surface area contributed by atoms with Crippen LogP contribution in [0.25, 0.3) is 0 Å². The Morgan fingerprint density at radius 3 is 2.40 bits per heavy atom. The fourth-order valence-corrected chi connectivity index (χ4v) is 2.91. The Morgan fingerprint density at radius 1 is 1.04 bits per heavy atom. The second kappa shape index (κ2) is 6.52. The van der Waals surface area contributed by atoms with Crippen molar-refractivity contribution in [3.8, 4) is 6.07 Å². The third kappa shape index (κ3) is 3.18. The molecular weight excluding hydrogens is 331 g/mol. The molecule has 0 radical (unpaired) electrons. The average molecular weight is 343 g/mol. The van der Waals surface area contributed by atoms with Gasteiger partial charge in [0, 0.05) is 11.5 Å². The summed E-state index contributed by atoms with van der Waals surface area (Å²) in [7, 11) is 0. The van der Waals surface area contributed by atoms with Crippen molar-refractivity contribution in [3.63, 3.8) is 0 Å². The second-order valence-electron chi connectivity index (χ2n) is 5.93. The van der Waals surface area contributed by atoms with E-state index in [1.165, 1.54) is 12.1 Å². The van der Waals surface area contributed by atoms with Gasteiger partial charge in [-0.3, -0.25) is 9.59 Å². The molecule has 3 rings (SSSR count). The van der Waals surface area contributed by atoms with Crippen molar-refractivity contribution in [2.45, 2.75) is 12.3 Å². The van der Waals surface area contributed by atoms with Crippen LogP contribution >= 0.6 is 0 Å². The summed E-state index contributed by atoms with van der Waals surface area (Å²) in [5.41, 5.74) is 0.125. The van der Waals surface area contributed by atoms with Crippen LogP contribution in [0.4, 0.5) is 13.2 Å². The zero-order valence-corrected chi connectivity index (χ0v) is 12.9. The minimum absolute atomic E-state index is 0.248. The molecule has 0 bridgehead atoms. The van der Waals surface area contributed by atoms with E-state index in [0.717, 1.165) is 12.1 Å². The lowest BCUT2D eigenvalue weighted by atomic mass is 9.91. The highest BCUT2D eigenvalue weighted by Crippen LogP contribution is 2.50. The maximum atomic E-state index is 13.8. The molecule has 3 atom stereocenters. The van der Waals surface area contributed by atoms with Crippen LogP contribution < -0.4 is 0 Å². The molecule has 0 amide bonds. The first-order valence-electron chi connectivity index (χ1n) is 7.61.